The normalized spacial score (nSPS) is 11.9. The molecule has 0 fully saturated rings. The van der Waals surface area contributed by atoms with E-state index in [1.165, 1.54) is 11.0 Å². The molecule has 0 bridgehead atoms. The lowest BCUT2D eigenvalue weighted by atomic mass is 10.0. The van der Waals surface area contributed by atoms with Crippen LogP contribution in [-0.4, -0.2) is 14.2 Å². The fraction of sp³-hybridized carbons (Fsp3) is 0.176. The van der Waals surface area contributed by atoms with E-state index in [9.17, 15) is 8.42 Å². The smallest absolute Gasteiger partial charge is 0.171 e. The maximum absolute atomic E-state index is 11.4. The van der Waals surface area contributed by atoms with E-state index in [-0.39, 0.29) is 5.75 Å². The highest BCUT2D eigenvalue weighted by molar-refractivity contribution is 7.94. The highest BCUT2D eigenvalue weighted by atomic mass is 32.2. The highest BCUT2D eigenvalue weighted by Crippen LogP contribution is 2.20. The Hall–Kier alpha value is -1.87. The van der Waals surface area contributed by atoms with Crippen molar-refractivity contribution in [3.8, 4) is 11.1 Å². The van der Waals surface area contributed by atoms with Crippen LogP contribution in [0.15, 0.2) is 53.9 Å². The first-order valence-corrected chi connectivity index (χ1v) is 8.29. The molecule has 0 saturated carbocycles. The van der Waals surface area contributed by atoms with Gasteiger partial charge in [-0.15, -0.1) is 0 Å². The Morgan fingerprint density at radius 1 is 0.900 bits per heavy atom. The molecule has 0 unspecified atom stereocenters. The number of sulfone groups is 1. The predicted molar refractivity (Wildman–Crippen MR) is 85.1 cm³/mol. The summed E-state index contributed by atoms with van der Waals surface area (Å²) in [5.41, 5.74) is 4.41. The molecule has 0 aromatic heterocycles. The highest BCUT2D eigenvalue weighted by Gasteiger charge is 2.01. The fourth-order valence-corrected chi connectivity index (χ4v) is 2.37. The van der Waals surface area contributed by atoms with Crippen molar-refractivity contribution < 1.29 is 8.42 Å². The minimum Gasteiger partial charge on any atom is -0.224 e. The molecule has 2 aromatic rings. The van der Waals surface area contributed by atoms with E-state index < -0.39 is 9.84 Å². The maximum Gasteiger partial charge on any atom is 0.171 e. The summed E-state index contributed by atoms with van der Waals surface area (Å²) < 4.78 is 22.8. The molecule has 0 heterocycles. The minimum atomic E-state index is -3.07. The van der Waals surface area contributed by atoms with Gasteiger partial charge in [0.25, 0.3) is 0 Å². The van der Waals surface area contributed by atoms with Crippen LogP contribution >= 0.6 is 0 Å². The second kappa shape index (κ2) is 6.06. The van der Waals surface area contributed by atoms with Crippen molar-refractivity contribution in [2.24, 2.45) is 0 Å². The summed E-state index contributed by atoms with van der Waals surface area (Å²) in [7, 11) is -3.07. The van der Waals surface area contributed by atoms with Gasteiger partial charge in [0.1, 0.15) is 0 Å². The Balaban J connectivity index is 2.20. The van der Waals surface area contributed by atoms with Gasteiger partial charge in [0, 0.05) is 5.41 Å². The minimum absolute atomic E-state index is 0.130. The second-order valence-electron chi connectivity index (χ2n) is 4.74. The van der Waals surface area contributed by atoms with Gasteiger partial charge in [0.2, 0.25) is 0 Å². The summed E-state index contributed by atoms with van der Waals surface area (Å²) >= 11 is 0. The van der Waals surface area contributed by atoms with Gasteiger partial charge in [-0.1, -0.05) is 61.0 Å². The zero-order valence-corrected chi connectivity index (χ0v) is 12.5. The van der Waals surface area contributed by atoms with Crippen LogP contribution < -0.4 is 0 Å². The van der Waals surface area contributed by atoms with Crippen molar-refractivity contribution in [1.82, 2.24) is 0 Å². The summed E-state index contributed by atoms with van der Waals surface area (Å²) in [4.78, 5) is 0. The number of rotatable bonds is 4. The van der Waals surface area contributed by atoms with Crippen molar-refractivity contribution in [3.05, 3.63) is 65.1 Å². The monoisotopic (exact) mass is 286 g/mol. The van der Waals surface area contributed by atoms with Crippen LogP contribution in [0, 0.1) is 6.92 Å². The topological polar surface area (TPSA) is 34.1 Å². The Labute approximate surface area is 120 Å². The maximum atomic E-state index is 11.4. The molecule has 2 nitrogen and oxygen atoms in total. The van der Waals surface area contributed by atoms with Crippen LogP contribution in [0.2, 0.25) is 0 Å². The summed E-state index contributed by atoms with van der Waals surface area (Å²) in [6, 6.07) is 16.2. The van der Waals surface area contributed by atoms with Crippen LogP contribution in [-0.2, 0) is 9.84 Å². The van der Waals surface area contributed by atoms with Crippen LogP contribution in [0.5, 0.6) is 0 Å². The first-order valence-electron chi connectivity index (χ1n) is 6.58. The summed E-state index contributed by atoms with van der Waals surface area (Å²) in [6.45, 7) is 3.70. The lowest BCUT2D eigenvalue weighted by molar-refractivity contribution is 0.606. The van der Waals surface area contributed by atoms with Crippen molar-refractivity contribution in [2.45, 2.75) is 13.8 Å². The molecule has 0 saturated heterocycles. The quantitative estimate of drug-likeness (QED) is 0.849. The molecule has 0 N–H and O–H groups in total. The van der Waals surface area contributed by atoms with Gasteiger partial charge in [0.05, 0.1) is 5.75 Å². The van der Waals surface area contributed by atoms with Gasteiger partial charge < -0.3 is 0 Å². The van der Waals surface area contributed by atoms with E-state index in [0.717, 1.165) is 16.7 Å². The molecular weight excluding hydrogens is 268 g/mol. The summed E-state index contributed by atoms with van der Waals surface area (Å²) in [6.07, 6.45) is 1.64. The Morgan fingerprint density at radius 3 is 1.90 bits per heavy atom. The third-order valence-corrected chi connectivity index (χ3v) is 4.52. The lowest BCUT2D eigenvalue weighted by Gasteiger charge is -2.03. The third kappa shape index (κ3) is 3.81. The number of hydrogen-bond acceptors (Lipinski definition) is 2. The first kappa shape index (κ1) is 14.5. The summed E-state index contributed by atoms with van der Waals surface area (Å²) in [5, 5.41) is 1.27. The van der Waals surface area contributed by atoms with E-state index in [4.69, 9.17) is 0 Å². The van der Waals surface area contributed by atoms with Gasteiger partial charge >= 0.3 is 0 Å². The SMILES string of the molecule is CCS(=O)(=O)/C=C/c1ccc(-c2ccc(C)cc2)cc1. The predicted octanol–water partition coefficient (Wildman–Crippen LogP) is 4.07. The van der Waals surface area contributed by atoms with E-state index in [1.807, 2.05) is 24.3 Å². The average molecular weight is 286 g/mol. The molecule has 2 aromatic carbocycles. The number of aryl methyl sites for hydroxylation is 1. The third-order valence-electron chi connectivity index (χ3n) is 3.17. The fourth-order valence-electron chi connectivity index (χ4n) is 1.81. The number of benzene rings is 2. The molecule has 0 amide bonds. The largest absolute Gasteiger partial charge is 0.224 e. The lowest BCUT2D eigenvalue weighted by Crippen LogP contribution is -1.96. The van der Waals surface area contributed by atoms with Crippen molar-refractivity contribution in [3.63, 3.8) is 0 Å². The zero-order chi connectivity index (χ0) is 14.6. The number of hydrogen-bond donors (Lipinski definition) is 0. The van der Waals surface area contributed by atoms with Gasteiger partial charge in [-0.3, -0.25) is 0 Å². The van der Waals surface area contributed by atoms with Crippen molar-refractivity contribution in [2.75, 3.05) is 5.75 Å². The zero-order valence-electron chi connectivity index (χ0n) is 11.7. The molecule has 0 radical (unpaired) electrons. The molecule has 104 valence electrons. The first-order chi connectivity index (χ1) is 9.50. The Bertz CT molecular complexity index is 694. The van der Waals surface area contributed by atoms with Crippen molar-refractivity contribution in [1.29, 1.82) is 0 Å². The average Bonchev–Trinajstić information content (AvgIpc) is 2.47. The summed E-state index contributed by atoms with van der Waals surface area (Å²) in [5.74, 6) is 0.130. The molecule has 0 spiro atoms. The molecule has 0 aliphatic heterocycles. The molecule has 0 aliphatic carbocycles. The van der Waals surface area contributed by atoms with E-state index in [1.54, 1.807) is 13.0 Å². The molecule has 20 heavy (non-hydrogen) atoms. The Kier molecular flexibility index (Phi) is 4.40. The standard InChI is InChI=1S/C17H18O2S/c1-3-20(18,19)13-12-15-6-10-17(11-7-15)16-8-4-14(2)5-9-16/h4-13H,3H2,1-2H3/b13-12+. The van der Waals surface area contributed by atoms with Gasteiger partial charge in [-0.05, 0) is 29.7 Å². The van der Waals surface area contributed by atoms with Crippen LogP contribution in [0.4, 0.5) is 0 Å². The Morgan fingerprint density at radius 2 is 1.40 bits per heavy atom. The molecular formula is C17H18O2S. The molecule has 2 rings (SSSR count). The molecule has 0 atom stereocenters. The second-order valence-corrected chi connectivity index (χ2v) is 6.92. The van der Waals surface area contributed by atoms with Gasteiger partial charge in [0.15, 0.2) is 9.84 Å². The van der Waals surface area contributed by atoms with Crippen LogP contribution in [0.25, 0.3) is 17.2 Å². The van der Waals surface area contributed by atoms with E-state index in [0.29, 0.717) is 0 Å². The van der Waals surface area contributed by atoms with Gasteiger partial charge in [-0.25, -0.2) is 8.42 Å². The molecule has 3 heteroatoms. The van der Waals surface area contributed by atoms with Gasteiger partial charge in [-0.2, -0.15) is 0 Å². The van der Waals surface area contributed by atoms with Crippen molar-refractivity contribution >= 4 is 15.9 Å². The van der Waals surface area contributed by atoms with E-state index in [2.05, 4.69) is 31.2 Å². The molecule has 0 aliphatic rings. The van der Waals surface area contributed by atoms with Crippen LogP contribution in [0.1, 0.15) is 18.1 Å². The van der Waals surface area contributed by atoms with Crippen LogP contribution in [0.3, 0.4) is 0 Å². The van der Waals surface area contributed by atoms with E-state index >= 15 is 0 Å².